The monoisotopic (exact) mass is 393 g/mol. The van der Waals surface area contributed by atoms with Crippen molar-refractivity contribution in [3.05, 3.63) is 70.0 Å². The summed E-state index contributed by atoms with van der Waals surface area (Å²) in [6, 6.07) is 12.6. The summed E-state index contributed by atoms with van der Waals surface area (Å²) >= 11 is 0. The molecule has 1 aromatic heterocycles. The lowest BCUT2D eigenvalue weighted by atomic mass is 9.99. The first-order chi connectivity index (χ1) is 14.0. The van der Waals surface area contributed by atoms with E-state index in [-0.39, 0.29) is 18.9 Å². The first-order valence-electron chi connectivity index (χ1n) is 10.5. The van der Waals surface area contributed by atoms with Gasteiger partial charge in [0.15, 0.2) is 0 Å². The second-order valence-corrected chi connectivity index (χ2v) is 8.31. The van der Waals surface area contributed by atoms with E-state index in [9.17, 15) is 5.11 Å². The zero-order valence-corrected chi connectivity index (χ0v) is 17.9. The molecule has 29 heavy (non-hydrogen) atoms. The van der Waals surface area contributed by atoms with Gasteiger partial charge in [0.2, 0.25) is 0 Å². The zero-order valence-electron chi connectivity index (χ0n) is 17.9. The van der Waals surface area contributed by atoms with Crippen molar-refractivity contribution in [1.29, 1.82) is 0 Å². The SMILES string of the molecule is Cc1cc(C)c2c(CN3C(OCc4ccccc4)CC[C@H]3CO)c(C)oc2c1C. The first kappa shape index (κ1) is 20.1. The van der Waals surface area contributed by atoms with Gasteiger partial charge in [-0.2, -0.15) is 0 Å². The van der Waals surface area contributed by atoms with Crippen LogP contribution < -0.4 is 0 Å². The van der Waals surface area contributed by atoms with Crippen LogP contribution in [0.2, 0.25) is 0 Å². The average Bonchev–Trinajstić information content (AvgIpc) is 3.27. The largest absolute Gasteiger partial charge is 0.461 e. The lowest BCUT2D eigenvalue weighted by Crippen LogP contribution is -2.39. The van der Waals surface area contributed by atoms with Gasteiger partial charge in [0, 0.05) is 23.5 Å². The highest BCUT2D eigenvalue weighted by Crippen LogP contribution is 2.36. The highest BCUT2D eigenvalue weighted by Gasteiger charge is 2.35. The van der Waals surface area contributed by atoms with Crippen molar-refractivity contribution < 1.29 is 14.3 Å². The number of furan rings is 1. The third-order valence-corrected chi connectivity index (χ3v) is 6.39. The summed E-state index contributed by atoms with van der Waals surface area (Å²) in [5.74, 6) is 0.960. The van der Waals surface area contributed by atoms with Crippen LogP contribution in [-0.2, 0) is 17.9 Å². The normalized spacial score (nSPS) is 20.0. The molecule has 1 N–H and O–H groups in total. The molecule has 0 saturated carbocycles. The maximum Gasteiger partial charge on any atom is 0.138 e. The van der Waals surface area contributed by atoms with Gasteiger partial charge in [-0.25, -0.2) is 0 Å². The molecule has 1 aliphatic heterocycles. The first-order valence-corrected chi connectivity index (χ1v) is 10.5. The summed E-state index contributed by atoms with van der Waals surface area (Å²) in [6.07, 6.45) is 1.88. The Bertz CT molecular complexity index is 992. The van der Waals surface area contributed by atoms with Gasteiger partial charge >= 0.3 is 0 Å². The maximum atomic E-state index is 9.97. The van der Waals surface area contributed by atoms with E-state index in [0.717, 1.165) is 30.7 Å². The molecule has 4 heteroatoms. The minimum Gasteiger partial charge on any atom is -0.461 e. The molecule has 0 spiro atoms. The fourth-order valence-corrected chi connectivity index (χ4v) is 4.59. The Kier molecular flexibility index (Phi) is 5.77. The van der Waals surface area contributed by atoms with E-state index in [1.165, 1.54) is 33.2 Å². The molecule has 0 amide bonds. The molecule has 1 aliphatic rings. The molecule has 2 aromatic carbocycles. The Morgan fingerprint density at radius 3 is 2.55 bits per heavy atom. The van der Waals surface area contributed by atoms with Gasteiger partial charge in [-0.1, -0.05) is 36.4 Å². The zero-order chi connectivity index (χ0) is 20.5. The number of rotatable bonds is 6. The molecule has 2 heterocycles. The van der Waals surface area contributed by atoms with E-state index in [2.05, 4.69) is 43.9 Å². The standard InChI is InChI=1S/C25H31NO3/c1-16-12-17(2)24-22(19(4)29-25(24)18(16)3)13-26-21(14-27)10-11-23(26)28-15-20-8-6-5-7-9-20/h5-9,12,21,23,27H,10-11,13-15H2,1-4H3/t21-,23?/m0/s1. The summed E-state index contributed by atoms with van der Waals surface area (Å²) in [6.45, 7) is 9.93. The Labute approximate surface area is 173 Å². The van der Waals surface area contributed by atoms with Crippen molar-refractivity contribution in [3.8, 4) is 0 Å². The van der Waals surface area contributed by atoms with Gasteiger partial charge in [0.05, 0.1) is 13.2 Å². The topological polar surface area (TPSA) is 45.8 Å². The molecule has 2 atom stereocenters. The molecular formula is C25H31NO3. The molecule has 1 saturated heterocycles. The molecular weight excluding hydrogens is 362 g/mol. The molecule has 0 bridgehead atoms. The fraction of sp³-hybridized carbons (Fsp3) is 0.440. The summed E-state index contributed by atoms with van der Waals surface area (Å²) in [5, 5.41) is 11.2. The number of fused-ring (bicyclic) bond motifs is 1. The van der Waals surface area contributed by atoms with Crippen LogP contribution in [0.4, 0.5) is 0 Å². The summed E-state index contributed by atoms with van der Waals surface area (Å²) in [5.41, 5.74) is 7.10. The number of ether oxygens (including phenoxy) is 1. The van der Waals surface area contributed by atoms with E-state index in [0.29, 0.717) is 6.61 Å². The Balaban J connectivity index is 1.62. The van der Waals surface area contributed by atoms with E-state index in [1.54, 1.807) is 0 Å². The predicted octanol–water partition coefficient (Wildman–Crippen LogP) is 5.17. The number of hydrogen-bond donors (Lipinski definition) is 1. The Morgan fingerprint density at radius 1 is 1.07 bits per heavy atom. The van der Waals surface area contributed by atoms with Gasteiger partial charge in [-0.05, 0) is 62.8 Å². The Hall–Kier alpha value is -2.14. The minimum atomic E-state index is 0.00329. The molecule has 1 unspecified atom stereocenters. The molecule has 3 aromatic rings. The molecule has 1 fully saturated rings. The number of nitrogens with zero attached hydrogens (tertiary/aromatic N) is 1. The minimum absolute atomic E-state index is 0.00329. The van der Waals surface area contributed by atoms with E-state index in [1.807, 2.05) is 25.1 Å². The summed E-state index contributed by atoms with van der Waals surface area (Å²) < 4.78 is 12.5. The highest BCUT2D eigenvalue weighted by molar-refractivity contribution is 5.89. The predicted molar refractivity (Wildman–Crippen MR) is 116 cm³/mol. The van der Waals surface area contributed by atoms with Crippen molar-refractivity contribution in [2.45, 2.75) is 66.0 Å². The fourth-order valence-electron chi connectivity index (χ4n) is 4.59. The van der Waals surface area contributed by atoms with E-state index >= 15 is 0 Å². The molecule has 154 valence electrons. The number of aliphatic hydroxyl groups excluding tert-OH is 1. The summed E-state index contributed by atoms with van der Waals surface area (Å²) in [7, 11) is 0. The number of benzene rings is 2. The second kappa shape index (κ2) is 8.31. The second-order valence-electron chi connectivity index (χ2n) is 8.31. The van der Waals surface area contributed by atoms with Crippen LogP contribution in [0, 0.1) is 27.7 Å². The van der Waals surface area contributed by atoms with Gasteiger partial charge in [-0.15, -0.1) is 0 Å². The Morgan fingerprint density at radius 2 is 1.83 bits per heavy atom. The van der Waals surface area contributed by atoms with Crippen LogP contribution in [0.25, 0.3) is 11.0 Å². The number of aryl methyl sites for hydroxylation is 4. The van der Waals surface area contributed by atoms with Crippen molar-refractivity contribution in [2.75, 3.05) is 6.61 Å². The van der Waals surface area contributed by atoms with Crippen molar-refractivity contribution in [3.63, 3.8) is 0 Å². The molecule has 4 rings (SSSR count). The smallest absolute Gasteiger partial charge is 0.138 e. The van der Waals surface area contributed by atoms with Crippen LogP contribution in [0.1, 0.15) is 46.4 Å². The third kappa shape index (κ3) is 3.85. The molecule has 0 radical (unpaired) electrons. The van der Waals surface area contributed by atoms with Crippen LogP contribution >= 0.6 is 0 Å². The quantitative estimate of drug-likeness (QED) is 0.628. The molecule has 0 aliphatic carbocycles. The van der Waals surface area contributed by atoms with Crippen molar-refractivity contribution >= 4 is 11.0 Å². The van der Waals surface area contributed by atoms with E-state index < -0.39 is 0 Å². The van der Waals surface area contributed by atoms with Gasteiger partial charge in [0.25, 0.3) is 0 Å². The van der Waals surface area contributed by atoms with Crippen molar-refractivity contribution in [1.82, 2.24) is 4.90 Å². The molecule has 4 nitrogen and oxygen atoms in total. The number of likely N-dealkylation sites (tertiary alicyclic amines) is 1. The lowest BCUT2D eigenvalue weighted by molar-refractivity contribution is -0.0670. The van der Waals surface area contributed by atoms with Gasteiger partial charge < -0.3 is 14.3 Å². The van der Waals surface area contributed by atoms with Crippen LogP contribution in [0.5, 0.6) is 0 Å². The third-order valence-electron chi connectivity index (χ3n) is 6.39. The van der Waals surface area contributed by atoms with Crippen molar-refractivity contribution in [2.24, 2.45) is 0 Å². The van der Waals surface area contributed by atoms with Crippen LogP contribution in [0.3, 0.4) is 0 Å². The number of aliphatic hydroxyl groups is 1. The van der Waals surface area contributed by atoms with E-state index in [4.69, 9.17) is 9.15 Å². The van der Waals surface area contributed by atoms with Gasteiger partial charge in [0.1, 0.15) is 17.6 Å². The maximum absolute atomic E-state index is 9.97. The van der Waals surface area contributed by atoms with Gasteiger partial charge in [-0.3, -0.25) is 4.90 Å². The summed E-state index contributed by atoms with van der Waals surface area (Å²) in [4.78, 5) is 2.31. The van der Waals surface area contributed by atoms with Crippen LogP contribution in [0.15, 0.2) is 40.8 Å². The van der Waals surface area contributed by atoms with Crippen LogP contribution in [-0.4, -0.2) is 28.9 Å². The average molecular weight is 394 g/mol. The number of hydrogen-bond acceptors (Lipinski definition) is 4. The lowest BCUT2D eigenvalue weighted by Gasteiger charge is -2.29. The highest BCUT2D eigenvalue weighted by atomic mass is 16.5.